The Hall–Kier alpha value is -0.960. The zero-order valence-corrected chi connectivity index (χ0v) is 13.0. The summed E-state index contributed by atoms with van der Waals surface area (Å²) in [6.07, 6.45) is 1.09. The molecule has 3 unspecified atom stereocenters. The molecule has 0 aliphatic heterocycles. The number of halogens is 1. The van der Waals surface area contributed by atoms with Gasteiger partial charge in [-0.3, -0.25) is 0 Å². The molecule has 2 aromatic rings. The van der Waals surface area contributed by atoms with Gasteiger partial charge in [-0.2, -0.15) is 0 Å². The Morgan fingerprint density at radius 1 is 1.05 bits per heavy atom. The molecule has 0 bridgehead atoms. The van der Waals surface area contributed by atoms with Crippen LogP contribution in [-0.2, 0) is 0 Å². The lowest BCUT2D eigenvalue weighted by Gasteiger charge is -2.34. The summed E-state index contributed by atoms with van der Waals surface area (Å²) in [6, 6.07) is 16.6. The van der Waals surface area contributed by atoms with Crippen molar-refractivity contribution in [3.63, 3.8) is 0 Å². The second-order valence-corrected chi connectivity index (χ2v) is 7.07. The SMILES string of the molecule is CC1CC(Sc2ccccc2Cl)C(N)c2ccccc21. The fourth-order valence-electron chi connectivity index (χ4n) is 2.91. The van der Waals surface area contributed by atoms with E-state index < -0.39 is 0 Å². The van der Waals surface area contributed by atoms with Gasteiger partial charge < -0.3 is 5.73 Å². The summed E-state index contributed by atoms with van der Waals surface area (Å²) in [6.45, 7) is 2.28. The molecule has 3 rings (SSSR count). The van der Waals surface area contributed by atoms with Gasteiger partial charge in [0.1, 0.15) is 0 Å². The Balaban J connectivity index is 1.88. The molecule has 1 aliphatic carbocycles. The molecule has 0 aromatic heterocycles. The van der Waals surface area contributed by atoms with Gasteiger partial charge in [-0.15, -0.1) is 11.8 Å². The molecule has 0 amide bonds. The quantitative estimate of drug-likeness (QED) is 0.844. The van der Waals surface area contributed by atoms with Gasteiger partial charge in [-0.1, -0.05) is 54.9 Å². The van der Waals surface area contributed by atoms with E-state index in [1.165, 1.54) is 11.1 Å². The van der Waals surface area contributed by atoms with Crippen molar-refractivity contribution < 1.29 is 0 Å². The van der Waals surface area contributed by atoms with Gasteiger partial charge in [-0.25, -0.2) is 0 Å². The second kappa shape index (κ2) is 5.80. The maximum absolute atomic E-state index is 6.49. The summed E-state index contributed by atoms with van der Waals surface area (Å²) in [4.78, 5) is 1.13. The van der Waals surface area contributed by atoms with Gasteiger partial charge in [0.2, 0.25) is 0 Å². The van der Waals surface area contributed by atoms with Crippen molar-refractivity contribution in [2.24, 2.45) is 5.73 Å². The fraction of sp³-hybridized carbons (Fsp3) is 0.294. The minimum atomic E-state index is 0.0728. The molecule has 2 N–H and O–H groups in total. The summed E-state index contributed by atoms with van der Waals surface area (Å²) in [7, 11) is 0. The highest BCUT2D eigenvalue weighted by molar-refractivity contribution is 8.00. The van der Waals surface area contributed by atoms with E-state index in [4.69, 9.17) is 17.3 Å². The summed E-state index contributed by atoms with van der Waals surface area (Å²) in [5, 5.41) is 1.19. The predicted molar refractivity (Wildman–Crippen MR) is 87.5 cm³/mol. The maximum Gasteiger partial charge on any atom is 0.0541 e. The first kappa shape index (κ1) is 14.0. The van der Waals surface area contributed by atoms with Gasteiger partial charge in [0.15, 0.2) is 0 Å². The smallest absolute Gasteiger partial charge is 0.0541 e. The summed E-state index contributed by atoms with van der Waals surface area (Å²) >= 11 is 8.08. The van der Waals surface area contributed by atoms with E-state index in [0.29, 0.717) is 11.2 Å². The van der Waals surface area contributed by atoms with Crippen molar-refractivity contribution in [1.82, 2.24) is 0 Å². The van der Waals surface area contributed by atoms with Crippen LogP contribution < -0.4 is 5.73 Å². The van der Waals surface area contributed by atoms with E-state index in [1.807, 2.05) is 30.0 Å². The second-order valence-electron chi connectivity index (χ2n) is 5.38. The van der Waals surface area contributed by atoms with Crippen LogP contribution in [0.5, 0.6) is 0 Å². The summed E-state index contributed by atoms with van der Waals surface area (Å²) in [5.74, 6) is 0.547. The zero-order valence-electron chi connectivity index (χ0n) is 11.4. The molecule has 1 nitrogen and oxygen atoms in total. The first-order chi connectivity index (χ1) is 9.66. The van der Waals surface area contributed by atoms with Crippen LogP contribution in [0.25, 0.3) is 0 Å². The Morgan fingerprint density at radius 3 is 2.45 bits per heavy atom. The molecule has 104 valence electrons. The van der Waals surface area contributed by atoms with E-state index in [1.54, 1.807) is 0 Å². The van der Waals surface area contributed by atoms with Gasteiger partial charge in [0.25, 0.3) is 0 Å². The number of hydrogen-bond acceptors (Lipinski definition) is 2. The molecule has 1 aliphatic rings. The van der Waals surface area contributed by atoms with Crippen LogP contribution in [0.1, 0.15) is 36.4 Å². The minimum absolute atomic E-state index is 0.0728. The standard InChI is InChI=1S/C17H18ClNS/c1-11-10-16(20-15-9-5-4-8-14(15)18)17(19)13-7-3-2-6-12(11)13/h2-9,11,16-17H,10,19H2,1H3. The van der Waals surface area contributed by atoms with E-state index in [-0.39, 0.29) is 6.04 Å². The third-order valence-corrected chi connectivity index (χ3v) is 5.83. The average molecular weight is 304 g/mol. The summed E-state index contributed by atoms with van der Waals surface area (Å²) in [5.41, 5.74) is 9.17. The molecule has 0 saturated carbocycles. The first-order valence-electron chi connectivity index (χ1n) is 6.92. The van der Waals surface area contributed by atoms with Crippen LogP contribution in [0.15, 0.2) is 53.4 Å². The Kier molecular flexibility index (Phi) is 4.06. The van der Waals surface area contributed by atoms with E-state index in [0.717, 1.165) is 16.3 Å². The molecular weight excluding hydrogens is 286 g/mol. The van der Waals surface area contributed by atoms with Gasteiger partial charge in [-0.05, 0) is 35.6 Å². The van der Waals surface area contributed by atoms with Gasteiger partial charge in [0, 0.05) is 16.2 Å². The number of hydrogen-bond donors (Lipinski definition) is 1. The molecular formula is C17H18ClNS. The van der Waals surface area contributed by atoms with E-state index in [2.05, 4.69) is 37.3 Å². The highest BCUT2D eigenvalue weighted by atomic mass is 35.5. The number of fused-ring (bicyclic) bond motifs is 1. The Morgan fingerprint density at radius 2 is 1.70 bits per heavy atom. The lowest BCUT2D eigenvalue weighted by Crippen LogP contribution is -2.30. The predicted octanol–water partition coefficient (Wildman–Crippen LogP) is 5.01. The largest absolute Gasteiger partial charge is 0.323 e. The molecule has 2 aromatic carbocycles. The minimum Gasteiger partial charge on any atom is -0.323 e. The third-order valence-electron chi connectivity index (χ3n) is 3.99. The Bertz CT molecular complexity index is 613. The number of rotatable bonds is 2. The highest BCUT2D eigenvalue weighted by Gasteiger charge is 2.31. The van der Waals surface area contributed by atoms with Crippen LogP contribution in [0.3, 0.4) is 0 Å². The van der Waals surface area contributed by atoms with Crippen molar-refractivity contribution in [2.75, 3.05) is 0 Å². The molecule has 3 heteroatoms. The third kappa shape index (κ3) is 2.60. The van der Waals surface area contributed by atoms with Crippen molar-refractivity contribution in [2.45, 2.75) is 35.4 Å². The zero-order chi connectivity index (χ0) is 14.1. The molecule has 0 spiro atoms. The lowest BCUT2D eigenvalue weighted by atomic mass is 9.81. The monoisotopic (exact) mass is 303 g/mol. The Labute approximate surface area is 129 Å². The van der Waals surface area contributed by atoms with E-state index >= 15 is 0 Å². The van der Waals surface area contributed by atoms with Crippen LogP contribution in [0.4, 0.5) is 0 Å². The van der Waals surface area contributed by atoms with Crippen molar-refractivity contribution in [3.8, 4) is 0 Å². The molecule has 0 fully saturated rings. The first-order valence-corrected chi connectivity index (χ1v) is 8.18. The van der Waals surface area contributed by atoms with Crippen LogP contribution >= 0.6 is 23.4 Å². The molecule has 3 atom stereocenters. The van der Waals surface area contributed by atoms with Crippen LogP contribution in [0, 0.1) is 0 Å². The number of thioether (sulfide) groups is 1. The van der Waals surface area contributed by atoms with Gasteiger partial charge >= 0.3 is 0 Å². The molecule has 0 saturated heterocycles. The number of nitrogens with two attached hydrogens (primary N) is 1. The molecule has 0 radical (unpaired) electrons. The van der Waals surface area contributed by atoms with Crippen molar-refractivity contribution >= 4 is 23.4 Å². The normalized spacial score (nSPS) is 25.2. The number of benzene rings is 2. The van der Waals surface area contributed by atoms with Crippen LogP contribution in [0.2, 0.25) is 5.02 Å². The van der Waals surface area contributed by atoms with Crippen molar-refractivity contribution in [1.29, 1.82) is 0 Å². The van der Waals surface area contributed by atoms with Crippen LogP contribution in [-0.4, -0.2) is 5.25 Å². The van der Waals surface area contributed by atoms with Gasteiger partial charge in [0.05, 0.1) is 5.02 Å². The average Bonchev–Trinajstić information content (AvgIpc) is 2.47. The maximum atomic E-state index is 6.49. The molecule has 20 heavy (non-hydrogen) atoms. The fourth-order valence-corrected chi connectivity index (χ4v) is 4.52. The lowest BCUT2D eigenvalue weighted by molar-refractivity contribution is 0.527. The molecule has 0 heterocycles. The summed E-state index contributed by atoms with van der Waals surface area (Å²) < 4.78 is 0. The highest BCUT2D eigenvalue weighted by Crippen LogP contribution is 2.44. The topological polar surface area (TPSA) is 26.0 Å². The van der Waals surface area contributed by atoms with Crippen molar-refractivity contribution in [3.05, 3.63) is 64.7 Å². The van der Waals surface area contributed by atoms with E-state index in [9.17, 15) is 0 Å².